The number of pyridine rings is 2. The molecule has 6 nitrogen and oxygen atoms in total. The molecule has 0 fully saturated rings. The predicted molar refractivity (Wildman–Crippen MR) is 504 cm³/mol. The summed E-state index contributed by atoms with van der Waals surface area (Å²) in [5.41, 5.74) is 30.9. The van der Waals surface area contributed by atoms with Crippen LogP contribution in [0.1, 0.15) is 0 Å². The Hall–Kier alpha value is -16.0. The molecule has 0 saturated carbocycles. The second-order valence-electron chi connectivity index (χ2n) is 31.2. The lowest BCUT2D eigenvalue weighted by Crippen LogP contribution is -2.00. The number of nitrogens with zero attached hydrogens (tertiary/aromatic N) is 6. The quantitative estimate of drug-likeness (QED) is 0.122. The molecule has 0 unspecified atom stereocenters. The van der Waals surface area contributed by atoms with Gasteiger partial charge in [0.2, 0.25) is 0 Å². The Morgan fingerprint density at radius 1 is 0.133 bits per heavy atom. The van der Waals surface area contributed by atoms with Gasteiger partial charge >= 0.3 is 0 Å². The van der Waals surface area contributed by atoms with Crippen LogP contribution in [0.5, 0.6) is 0 Å². The average Bonchev–Trinajstić information content (AvgIpc) is 1.59. The van der Waals surface area contributed by atoms with Crippen LogP contribution in [0.4, 0.5) is 0 Å². The van der Waals surface area contributed by atoms with Crippen LogP contribution in [0.15, 0.2) is 449 Å². The maximum Gasteiger partial charge on any atom is 0.138 e. The highest BCUT2D eigenvalue weighted by Crippen LogP contribution is 2.44. The van der Waals surface area contributed by atoms with Crippen LogP contribution < -0.4 is 0 Å². The largest absolute Gasteiger partial charge is 0.309 e. The molecular formula is C114H74N6. The van der Waals surface area contributed by atoms with E-state index in [0.717, 1.165) is 78.8 Å². The van der Waals surface area contributed by atoms with E-state index in [-0.39, 0.29) is 0 Å². The lowest BCUT2D eigenvalue weighted by molar-refractivity contribution is 1.08. The summed E-state index contributed by atoms with van der Waals surface area (Å²) in [5, 5.41) is 14.9. The minimum Gasteiger partial charge on any atom is -0.309 e. The standard InChI is InChI=1S/2C57H37N3/c1-3-13-38(14-4-1)46-36-52(41-16-5-2-6-17-41)58-57(37-46)60-54-22-12-10-20-49(54)51-35-45(28-32-56(51)60)44-27-31-55-50(34-44)48-19-9-11-21-53(48)59(55)47-29-25-40(26-30-47)43-24-23-39-15-7-8-18-42(39)33-43;1-2-13-40(14-3-1)52-20-11-21-53(58-52)45-16-10-17-47(35-45)60-55-23-9-7-19-49(55)51-37-44(29-33-57(51)60)43-28-32-56-50(36-43)48-18-6-8-22-54(48)59(56)46-30-26-39(27-31-46)42-25-24-38-12-4-5-15-41(38)34-42/h2*1-37H. The molecule has 24 rings (SSSR count). The van der Waals surface area contributed by atoms with Gasteiger partial charge in [-0.15, -0.1) is 0 Å². The third-order valence-electron chi connectivity index (χ3n) is 24.2. The summed E-state index contributed by atoms with van der Waals surface area (Å²) in [5.74, 6) is 0.897. The van der Waals surface area contributed by atoms with E-state index in [1.807, 2.05) is 6.07 Å². The zero-order valence-corrected chi connectivity index (χ0v) is 65.4. The lowest BCUT2D eigenvalue weighted by Gasteiger charge is -2.13. The SMILES string of the molecule is c1ccc(-c2cc(-c3ccccc3)nc(-n3c4ccccc4c4cc(-c5ccc6c(c5)c5ccccc5n6-c5ccc(-c6ccc7ccccc7c6)cc5)ccc43)c2)cc1.c1ccc(-c2cccc(-c3cccc(-n4c5ccccc5c5cc(-c6ccc7c(c6)c6ccccc6n7-c6ccc(-c7ccc8ccccc8c7)cc6)ccc54)c3)n2)cc1. The number of rotatable bonds is 12. The van der Waals surface area contributed by atoms with E-state index in [0.29, 0.717) is 0 Å². The van der Waals surface area contributed by atoms with E-state index in [1.165, 1.54) is 142 Å². The molecule has 0 amide bonds. The number of para-hydroxylation sites is 4. The Labute approximate surface area is 693 Å². The van der Waals surface area contributed by atoms with E-state index in [9.17, 15) is 0 Å². The summed E-state index contributed by atoms with van der Waals surface area (Å²) in [6, 6.07) is 162. The third-order valence-corrected chi connectivity index (χ3v) is 24.2. The molecule has 6 aromatic heterocycles. The first-order chi connectivity index (χ1) is 59.5. The number of aromatic nitrogens is 6. The molecule has 0 N–H and O–H groups in total. The van der Waals surface area contributed by atoms with Gasteiger partial charge in [0, 0.05) is 76.8 Å². The number of benzene rings is 18. The molecule has 0 radical (unpaired) electrons. The molecule has 0 bridgehead atoms. The molecule has 24 aromatic rings. The van der Waals surface area contributed by atoms with Crippen molar-refractivity contribution in [1.29, 1.82) is 0 Å². The van der Waals surface area contributed by atoms with Crippen molar-refractivity contribution in [3.63, 3.8) is 0 Å². The molecule has 120 heavy (non-hydrogen) atoms. The van der Waals surface area contributed by atoms with Gasteiger partial charge in [0.15, 0.2) is 0 Å². The van der Waals surface area contributed by atoms with Crippen LogP contribution in [0.25, 0.3) is 221 Å². The van der Waals surface area contributed by atoms with Crippen molar-refractivity contribution in [1.82, 2.24) is 28.2 Å². The van der Waals surface area contributed by atoms with Gasteiger partial charge in [-0.2, -0.15) is 0 Å². The fourth-order valence-corrected chi connectivity index (χ4v) is 18.4. The van der Waals surface area contributed by atoms with Gasteiger partial charge in [0.1, 0.15) is 5.82 Å². The Bertz CT molecular complexity index is 8070. The Balaban J connectivity index is 0.000000140. The molecule has 6 heteroatoms. The summed E-state index contributed by atoms with van der Waals surface area (Å²) in [6.07, 6.45) is 0. The molecule has 0 atom stereocenters. The van der Waals surface area contributed by atoms with Gasteiger partial charge in [-0.1, -0.05) is 303 Å². The van der Waals surface area contributed by atoms with Crippen molar-refractivity contribution in [2.75, 3.05) is 0 Å². The monoisotopic (exact) mass is 1530 g/mol. The molecule has 6 heterocycles. The molecule has 18 aromatic carbocycles. The maximum absolute atomic E-state index is 5.33. The van der Waals surface area contributed by atoms with E-state index in [2.05, 4.69) is 461 Å². The Morgan fingerprint density at radius 2 is 0.442 bits per heavy atom. The molecule has 560 valence electrons. The van der Waals surface area contributed by atoms with Crippen molar-refractivity contribution < 1.29 is 0 Å². The van der Waals surface area contributed by atoms with Gasteiger partial charge in [-0.25, -0.2) is 9.97 Å². The zero-order valence-electron chi connectivity index (χ0n) is 65.4. The molecular weight excluding hydrogens is 1450 g/mol. The molecule has 0 aliphatic heterocycles. The van der Waals surface area contributed by atoms with E-state index >= 15 is 0 Å². The van der Waals surface area contributed by atoms with Crippen LogP contribution in [0.2, 0.25) is 0 Å². The van der Waals surface area contributed by atoms with Crippen LogP contribution >= 0.6 is 0 Å². The number of hydrogen-bond donors (Lipinski definition) is 0. The average molecular weight is 1530 g/mol. The minimum absolute atomic E-state index is 0.897. The highest BCUT2D eigenvalue weighted by molar-refractivity contribution is 6.15. The number of fused-ring (bicyclic) bond motifs is 14. The molecule has 0 spiro atoms. The Morgan fingerprint density at radius 3 is 0.892 bits per heavy atom. The summed E-state index contributed by atoms with van der Waals surface area (Å²) >= 11 is 0. The highest BCUT2D eigenvalue weighted by Gasteiger charge is 2.22. The van der Waals surface area contributed by atoms with Crippen molar-refractivity contribution in [3.05, 3.63) is 449 Å². The van der Waals surface area contributed by atoms with Crippen LogP contribution in [0, 0.1) is 0 Å². The zero-order chi connectivity index (χ0) is 79.1. The summed E-state index contributed by atoms with van der Waals surface area (Å²) in [4.78, 5) is 10.4. The molecule has 0 saturated heterocycles. The van der Waals surface area contributed by atoms with E-state index in [4.69, 9.17) is 9.97 Å². The van der Waals surface area contributed by atoms with Crippen molar-refractivity contribution >= 4 is 109 Å². The highest BCUT2D eigenvalue weighted by atomic mass is 15.1. The second-order valence-corrected chi connectivity index (χ2v) is 31.2. The van der Waals surface area contributed by atoms with Gasteiger partial charge in [0.05, 0.1) is 61.2 Å². The molecule has 0 aliphatic rings. The van der Waals surface area contributed by atoms with Gasteiger partial charge in [-0.05, 0) is 223 Å². The predicted octanol–water partition coefficient (Wildman–Crippen LogP) is 30.2. The first-order valence-electron chi connectivity index (χ1n) is 41.1. The fraction of sp³-hybridized carbons (Fsp3) is 0. The number of hydrogen-bond acceptors (Lipinski definition) is 2. The van der Waals surface area contributed by atoms with E-state index < -0.39 is 0 Å². The normalized spacial score (nSPS) is 11.7. The first kappa shape index (κ1) is 69.5. The summed E-state index contributed by atoms with van der Waals surface area (Å²) in [7, 11) is 0. The van der Waals surface area contributed by atoms with Gasteiger partial charge in [-0.3, -0.25) is 4.57 Å². The smallest absolute Gasteiger partial charge is 0.138 e. The summed E-state index contributed by atoms with van der Waals surface area (Å²) in [6.45, 7) is 0. The van der Waals surface area contributed by atoms with Crippen molar-refractivity contribution in [2.45, 2.75) is 0 Å². The third kappa shape index (κ3) is 12.2. The first-order valence-corrected chi connectivity index (χ1v) is 41.1. The van der Waals surface area contributed by atoms with Gasteiger partial charge < -0.3 is 13.7 Å². The van der Waals surface area contributed by atoms with Crippen LogP contribution in [-0.4, -0.2) is 28.2 Å². The topological polar surface area (TPSA) is 45.5 Å². The molecule has 0 aliphatic carbocycles. The second kappa shape index (κ2) is 29.1. The van der Waals surface area contributed by atoms with Crippen LogP contribution in [-0.2, 0) is 0 Å². The van der Waals surface area contributed by atoms with Crippen LogP contribution in [0.3, 0.4) is 0 Å². The van der Waals surface area contributed by atoms with Crippen molar-refractivity contribution in [2.24, 2.45) is 0 Å². The van der Waals surface area contributed by atoms with Crippen molar-refractivity contribution in [3.8, 4) is 112 Å². The summed E-state index contributed by atoms with van der Waals surface area (Å²) < 4.78 is 9.52. The van der Waals surface area contributed by atoms with E-state index in [1.54, 1.807) is 0 Å². The fourth-order valence-electron chi connectivity index (χ4n) is 18.4. The van der Waals surface area contributed by atoms with Gasteiger partial charge in [0.25, 0.3) is 0 Å². The maximum atomic E-state index is 5.33. The minimum atomic E-state index is 0.897. The lowest BCUT2D eigenvalue weighted by atomic mass is 10.0. The Kier molecular flexibility index (Phi) is 16.8.